The molecule has 3 unspecified atom stereocenters. The van der Waals surface area contributed by atoms with E-state index in [-0.39, 0.29) is 47.5 Å². The lowest BCUT2D eigenvalue weighted by Crippen LogP contribution is -2.51. The number of nitrogens with one attached hydrogen (secondary N) is 6. The summed E-state index contributed by atoms with van der Waals surface area (Å²) in [6.45, 7) is 6.22. The van der Waals surface area contributed by atoms with Gasteiger partial charge in [0.2, 0.25) is 5.91 Å². The number of hydrogen-bond acceptors (Lipinski definition) is 9. The Bertz CT molecular complexity index is 2020. The van der Waals surface area contributed by atoms with Gasteiger partial charge in [-0.25, -0.2) is 23.9 Å². The fraction of sp³-hybridized carbons (Fsp3) is 0.421. The number of aromatic amines is 1. The van der Waals surface area contributed by atoms with Gasteiger partial charge >= 0.3 is 18.5 Å². The number of amides is 5. The van der Waals surface area contributed by atoms with Crippen LogP contribution in [0.3, 0.4) is 0 Å². The van der Waals surface area contributed by atoms with Crippen molar-refractivity contribution in [2.45, 2.75) is 70.9 Å². The fourth-order valence-electron chi connectivity index (χ4n) is 6.49. The zero-order valence-electron chi connectivity index (χ0n) is 32.0. The van der Waals surface area contributed by atoms with Crippen LogP contribution in [0.2, 0.25) is 0 Å². The Morgan fingerprint density at radius 1 is 1.02 bits per heavy atom. The Morgan fingerprint density at radius 2 is 1.75 bits per heavy atom. The lowest BCUT2D eigenvalue weighted by atomic mass is 9.91. The van der Waals surface area contributed by atoms with Crippen molar-refractivity contribution in [2.24, 2.45) is 5.92 Å². The Labute approximate surface area is 326 Å². The van der Waals surface area contributed by atoms with Crippen LogP contribution >= 0.6 is 0 Å². The van der Waals surface area contributed by atoms with Gasteiger partial charge in [-0.3, -0.25) is 9.59 Å². The highest BCUT2D eigenvalue weighted by molar-refractivity contribution is 6.04. The van der Waals surface area contributed by atoms with Crippen LogP contribution in [0.5, 0.6) is 5.75 Å². The molecule has 1 aliphatic heterocycles. The zero-order valence-corrected chi connectivity index (χ0v) is 32.0. The summed E-state index contributed by atoms with van der Waals surface area (Å²) in [5.74, 6) is -2.02. The number of nitrogens with zero attached hydrogens (tertiary/aromatic N) is 3. The molecule has 3 heterocycles. The van der Waals surface area contributed by atoms with Crippen LogP contribution in [-0.4, -0.2) is 89.5 Å². The second-order valence-electron chi connectivity index (χ2n) is 13.9. The molecule has 19 heteroatoms. The number of carbonyl (C=O) groups is 4. The molecule has 0 bridgehead atoms. The normalized spacial score (nSPS) is 16.5. The van der Waals surface area contributed by atoms with Crippen LogP contribution < -0.4 is 31.3 Å². The Hall–Kier alpha value is -6.14. The molecule has 2 aliphatic rings. The standard InChI is InChI=1S/C38H45F4N9O6/c1-20(2)32(50-37(55)56-5)35(53)51-14-6-7-29(51)33-46-19-28(48-33)23-10-8-22(9-11-23)25-15-26(39)27(16-30(25)57-38(40,41)42)49-34(52)24-12-13-31(45-18-24)44-17-21(3)47-36(54)43-4/h8,10,12-13,15-16,18-21,29,32H,6-7,9,11,14,17H2,1-5H3,(H,44,45)(H,46,48)(H,49,52)(H,50,55)(H2,43,47,54). The van der Waals surface area contributed by atoms with E-state index < -0.39 is 41.7 Å². The summed E-state index contributed by atoms with van der Waals surface area (Å²) in [5.41, 5.74) is 1.14. The summed E-state index contributed by atoms with van der Waals surface area (Å²) < 4.78 is 65.3. The van der Waals surface area contributed by atoms with Crippen molar-refractivity contribution in [3.63, 3.8) is 0 Å². The summed E-state index contributed by atoms with van der Waals surface area (Å²) in [7, 11) is 2.71. The number of halogens is 4. The van der Waals surface area contributed by atoms with Gasteiger partial charge in [-0.1, -0.05) is 26.0 Å². The second-order valence-corrected chi connectivity index (χ2v) is 13.9. The highest BCUT2D eigenvalue weighted by Gasteiger charge is 2.38. The lowest BCUT2D eigenvalue weighted by molar-refractivity contribution is -0.274. The molecule has 6 N–H and O–H groups in total. The maximum absolute atomic E-state index is 15.5. The van der Waals surface area contributed by atoms with Gasteiger partial charge in [-0.2, -0.15) is 0 Å². The molecule has 5 amide bonds. The predicted octanol–water partition coefficient (Wildman–Crippen LogP) is 6.13. The first kappa shape index (κ1) is 42.0. The zero-order chi connectivity index (χ0) is 41.4. The third kappa shape index (κ3) is 10.8. The van der Waals surface area contributed by atoms with Crippen molar-refractivity contribution in [2.75, 3.05) is 37.9 Å². The molecule has 306 valence electrons. The van der Waals surface area contributed by atoms with Crippen LogP contribution in [0.25, 0.3) is 11.1 Å². The maximum Gasteiger partial charge on any atom is 0.573 e. The van der Waals surface area contributed by atoms with Crippen molar-refractivity contribution in [3.8, 4) is 5.75 Å². The highest BCUT2D eigenvalue weighted by Crippen LogP contribution is 2.40. The summed E-state index contributed by atoms with van der Waals surface area (Å²) in [5, 5.41) is 13.0. The molecule has 3 aromatic rings. The van der Waals surface area contributed by atoms with E-state index in [1.165, 1.54) is 32.5 Å². The number of H-pyrrole nitrogens is 1. The Morgan fingerprint density at radius 3 is 2.39 bits per heavy atom. The van der Waals surface area contributed by atoms with E-state index in [0.717, 1.165) is 24.1 Å². The molecule has 1 saturated heterocycles. The minimum absolute atomic E-state index is 0.0102. The quantitative estimate of drug-likeness (QED) is 0.111. The van der Waals surface area contributed by atoms with Crippen molar-refractivity contribution < 1.29 is 46.2 Å². The summed E-state index contributed by atoms with van der Waals surface area (Å²) in [6.07, 6.45) is 2.23. The van der Waals surface area contributed by atoms with Gasteiger partial charge in [0.05, 0.1) is 36.3 Å². The number of carbonyl (C=O) groups excluding carboxylic acids is 4. The van der Waals surface area contributed by atoms with Crippen LogP contribution in [-0.2, 0) is 9.53 Å². The molecular weight excluding hydrogens is 754 g/mol. The first-order chi connectivity index (χ1) is 27.1. The molecule has 1 fully saturated rings. The largest absolute Gasteiger partial charge is 0.573 e. The molecule has 0 spiro atoms. The summed E-state index contributed by atoms with van der Waals surface area (Å²) >= 11 is 0. The molecule has 1 aliphatic carbocycles. The number of rotatable bonds is 13. The van der Waals surface area contributed by atoms with Gasteiger partial charge in [0.15, 0.2) is 0 Å². The molecule has 15 nitrogen and oxygen atoms in total. The number of benzene rings is 1. The molecule has 0 saturated carbocycles. The van der Waals surface area contributed by atoms with Gasteiger partial charge in [-0.05, 0) is 67.9 Å². The number of ether oxygens (including phenoxy) is 2. The molecule has 5 rings (SSSR count). The summed E-state index contributed by atoms with van der Waals surface area (Å²) in [6, 6.07) is 2.80. The third-order valence-corrected chi connectivity index (χ3v) is 9.44. The molecule has 0 radical (unpaired) electrons. The highest BCUT2D eigenvalue weighted by atomic mass is 19.4. The van der Waals surface area contributed by atoms with E-state index in [4.69, 9.17) is 4.74 Å². The smallest absolute Gasteiger partial charge is 0.453 e. The number of methoxy groups -OCH3 is 1. The number of hydrogen-bond donors (Lipinski definition) is 6. The number of urea groups is 1. The Kier molecular flexibility index (Phi) is 13.4. The first-order valence-electron chi connectivity index (χ1n) is 18.3. The van der Waals surface area contributed by atoms with Crippen LogP contribution in [0.15, 0.2) is 48.8 Å². The van der Waals surface area contributed by atoms with Crippen LogP contribution in [0.1, 0.15) is 79.9 Å². The predicted molar refractivity (Wildman–Crippen MR) is 202 cm³/mol. The van der Waals surface area contributed by atoms with E-state index in [1.54, 1.807) is 30.2 Å². The number of alkyl carbamates (subject to hydrolysis) is 1. The number of imidazole rings is 1. The van der Waals surface area contributed by atoms with E-state index in [9.17, 15) is 32.3 Å². The number of aromatic nitrogens is 3. The number of anilines is 2. The Balaban J connectivity index is 1.30. The lowest BCUT2D eigenvalue weighted by Gasteiger charge is -2.30. The van der Waals surface area contributed by atoms with Crippen LogP contribution in [0, 0.1) is 11.7 Å². The molecule has 1 aromatic carbocycles. The van der Waals surface area contributed by atoms with E-state index in [1.807, 2.05) is 13.8 Å². The minimum Gasteiger partial charge on any atom is -0.453 e. The van der Waals surface area contributed by atoms with Crippen molar-refractivity contribution in [1.29, 1.82) is 0 Å². The second kappa shape index (κ2) is 18.2. The number of alkyl halides is 3. The molecule has 2 aromatic heterocycles. The first-order valence-corrected chi connectivity index (χ1v) is 18.3. The minimum atomic E-state index is -5.11. The topological polar surface area (TPSA) is 192 Å². The van der Waals surface area contributed by atoms with Crippen LogP contribution in [0.4, 0.5) is 38.7 Å². The van der Waals surface area contributed by atoms with Gasteiger partial charge in [0.25, 0.3) is 5.91 Å². The average Bonchev–Trinajstić information content (AvgIpc) is 3.87. The van der Waals surface area contributed by atoms with Gasteiger partial charge < -0.3 is 45.9 Å². The fourth-order valence-corrected chi connectivity index (χ4v) is 6.49. The van der Waals surface area contributed by atoms with Crippen molar-refractivity contribution >= 4 is 46.6 Å². The average molecular weight is 800 g/mol. The number of pyridine rings is 1. The maximum atomic E-state index is 15.5. The van der Waals surface area contributed by atoms with Crippen molar-refractivity contribution in [3.05, 3.63) is 77.3 Å². The SMILES string of the molecule is CNC(=O)NC(C)CNc1ccc(C(=O)Nc2cc(OC(F)(F)F)c(C3=CC=C(c4cnc(C5CCCN5C(=O)C(NC(=O)OC)C(C)C)[nH]4)CC3)cc2F)cn1. The van der Waals surface area contributed by atoms with Gasteiger partial charge in [0.1, 0.15) is 29.3 Å². The molecule has 57 heavy (non-hydrogen) atoms. The summed E-state index contributed by atoms with van der Waals surface area (Å²) in [4.78, 5) is 63.5. The monoisotopic (exact) mass is 799 g/mol. The van der Waals surface area contributed by atoms with Crippen molar-refractivity contribution in [1.82, 2.24) is 35.8 Å². The van der Waals surface area contributed by atoms with E-state index >= 15 is 4.39 Å². The van der Waals surface area contributed by atoms with Gasteiger partial charge in [0, 0.05) is 44.0 Å². The molecule has 3 atom stereocenters. The van der Waals surface area contributed by atoms with E-state index in [0.29, 0.717) is 48.8 Å². The van der Waals surface area contributed by atoms with Gasteiger partial charge in [-0.15, -0.1) is 13.2 Å². The number of allylic oxidation sites excluding steroid dienone is 4. The third-order valence-electron chi connectivity index (χ3n) is 9.44. The van der Waals surface area contributed by atoms with E-state index in [2.05, 4.69) is 46.3 Å². The molecular formula is C38H45F4N9O6. The number of likely N-dealkylation sites (tertiary alicyclic amines) is 1.